The number of hydrogen-bond acceptors (Lipinski definition) is 5. The first-order chi connectivity index (χ1) is 12.1. The van der Waals surface area contributed by atoms with Crippen LogP contribution in [0, 0.1) is 0 Å². The van der Waals surface area contributed by atoms with Gasteiger partial charge in [-0.3, -0.25) is 4.98 Å². The van der Waals surface area contributed by atoms with E-state index in [1.807, 2.05) is 0 Å². The molecule has 3 rings (SSSR count). The zero-order chi connectivity index (χ0) is 19.1. The van der Waals surface area contributed by atoms with Gasteiger partial charge in [0.1, 0.15) is 21.0 Å². The lowest BCUT2D eigenvalue weighted by Gasteiger charge is -2.10. The van der Waals surface area contributed by atoms with Crippen molar-refractivity contribution in [1.82, 2.24) is 15.0 Å². The van der Waals surface area contributed by atoms with Crippen molar-refractivity contribution in [1.29, 1.82) is 0 Å². The molecule has 3 aromatic heterocycles. The number of aromatic nitrogens is 3. The maximum Gasteiger partial charge on any atom is 0.417 e. The van der Waals surface area contributed by atoms with Gasteiger partial charge in [0.25, 0.3) is 0 Å². The predicted octanol–water partition coefficient (Wildman–Crippen LogP) is 5.90. The molecular weight excluding hydrogens is 400 g/mol. The third kappa shape index (κ3) is 3.78. The van der Waals surface area contributed by atoms with Gasteiger partial charge in [0, 0.05) is 17.3 Å². The zero-order valence-corrected chi connectivity index (χ0v) is 14.6. The van der Waals surface area contributed by atoms with E-state index in [2.05, 4.69) is 15.0 Å². The Bertz CT molecular complexity index is 949. The Hall–Kier alpha value is -1.88. The fourth-order valence-electron chi connectivity index (χ4n) is 2.11. The summed E-state index contributed by atoms with van der Waals surface area (Å²) in [5, 5.41) is 0.219. The standard InChI is InChI=1S/C15H9F6N3S2/c1-2-25-10-4-8(15(19,20)21)5-22-11(10)13-24-9-3-7(14(16,17)18)6-23-12(9)26-13/h3-6H,2H2,1H3. The number of rotatable bonds is 3. The maximum atomic E-state index is 12.9. The third-order valence-corrected chi connectivity index (χ3v) is 5.15. The van der Waals surface area contributed by atoms with Crippen LogP contribution >= 0.6 is 23.1 Å². The molecule has 0 atom stereocenters. The van der Waals surface area contributed by atoms with Crippen molar-refractivity contribution in [2.75, 3.05) is 5.75 Å². The highest BCUT2D eigenvalue weighted by atomic mass is 32.2. The number of alkyl halides is 6. The number of pyridine rings is 2. The molecule has 0 unspecified atom stereocenters. The van der Waals surface area contributed by atoms with Crippen molar-refractivity contribution in [3.05, 3.63) is 35.7 Å². The second-order valence-electron chi connectivity index (χ2n) is 5.07. The number of halogens is 6. The number of thioether (sulfide) groups is 1. The van der Waals surface area contributed by atoms with E-state index in [0.29, 0.717) is 18.1 Å². The molecule has 0 spiro atoms. The molecule has 0 aliphatic rings. The molecule has 0 bridgehead atoms. The molecule has 0 aliphatic carbocycles. The molecule has 3 heterocycles. The molecule has 0 fully saturated rings. The summed E-state index contributed by atoms with van der Waals surface area (Å²) in [6.45, 7) is 1.77. The minimum Gasteiger partial charge on any atom is -0.252 e. The van der Waals surface area contributed by atoms with Crippen molar-refractivity contribution in [3.63, 3.8) is 0 Å². The number of thiazole rings is 1. The highest BCUT2D eigenvalue weighted by Gasteiger charge is 2.33. The van der Waals surface area contributed by atoms with Crippen LogP contribution in [0.25, 0.3) is 21.0 Å². The summed E-state index contributed by atoms with van der Waals surface area (Å²) in [5.74, 6) is 0.497. The quantitative estimate of drug-likeness (QED) is 0.399. The Labute approximate surface area is 151 Å². The van der Waals surface area contributed by atoms with Crippen molar-refractivity contribution in [2.45, 2.75) is 24.2 Å². The summed E-state index contributed by atoms with van der Waals surface area (Å²) in [6.07, 6.45) is -7.70. The third-order valence-electron chi connectivity index (χ3n) is 3.26. The first-order valence-corrected chi connectivity index (χ1v) is 8.94. The minimum atomic E-state index is -4.55. The molecule has 26 heavy (non-hydrogen) atoms. The van der Waals surface area contributed by atoms with E-state index >= 15 is 0 Å². The van der Waals surface area contributed by atoms with Crippen LogP contribution in [0.4, 0.5) is 26.3 Å². The molecule has 0 radical (unpaired) electrons. The van der Waals surface area contributed by atoms with Crippen LogP contribution in [0.5, 0.6) is 0 Å². The molecule has 138 valence electrons. The Morgan fingerprint density at radius 3 is 2.19 bits per heavy atom. The monoisotopic (exact) mass is 409 g/mol. The normalized spacial score (nSPS) is 12.7. The topological polar surface area (TPSA) is 38.7 Å². The maximum absolute atomic E-state index is 12.9. The molecule has 3 aromatic rings. The second kappa shape index (κ2) is 6.69. The van der Waals surface area contributed by atoms with Gasteiger partial charge >= 0.3 is 12.4 Å². The van der Waals surface area contributed by atoms with Crippen LogP contribution < -0.4 is 0 Å². The first-order valence-electron chi connectivity index (χ1n) is 7.13. The lowest BCUT2D eigenvalue weighted by molar-refractivity contribution is -0.138. The zero-order valence-electron chi connectivity index (χ0n) is 12.9. The van der Waals surface area contributed by atoms with Gasteiger partial charge in [0.2, 0.25) is 0 Å². The van der Waals surface area contributed by atoms with E-state index in [4.69, 9.17) is 0 Å². The van der Waals surface area contributed by atoms with E-state index in [1.54, 1.807) is 6.92 Å². The van der Waals surface area contributed by atoms with Crippen molar-refractivity contribution in [3.8, 4) is 10.7 Å². The average Bonchev–Trinajstić information content (AvgIpc) is 2.96. The Balaban J connectivity index is 2.10. The van der Waals surface area contributed by atoms with Crippen LogP contribution in [0.2, 0.25) is 0 Å². The molecule has 0 aromatic carbocycles. The summed E-state index contributed by atoms with van der Waals surface area (Å²) in [5.41, 5.74) is -1.61. The summed E-state index contributed by atoms with van der Waals surface area (Å²) in [6, 6.07) is 1.83. The van der Waals surface area contributed by atoms with E-state index < -0.39 is 23.5 Å². The Kier molecular flexibility index (Phi) is 4.86. The van der Waals surface area contributed by atoms with E-state index in [9.17, 15) is 26.3 Å². The summed E-state index contributed by atoms with van der Waals surface area (Å²) >= 11 is 2.12. The Morgan fingerprint density at radius 2 is 1.58 bits per heavy atom. The van der Waals surface area contributed by atoms with Crippen LogP contribution in [0.1, 0.15) is 18.1 Å². The van der Waals surface area contributed by atoms with Gasteiger partial charge in [-0.15, -0.1) is 11.8 Å². The number of fused-ring (bicyclic) bond motifs is 1. The second-order valence-corrected chi connectivity index (χ2v) is 7.35. The van der Waals surface area contributed by atoms with Gasteiger partial charge in [-0.1, -0.05) is 18.3 Å². The van der Waals surface area contributed by atoms with Gasteiger partial charge in [0.15, 0.2) is 0 Å². The molecule has 11 heteroatoms. The molecule has 0 aliphatic heterocycles. The van der Waals surface area contributed by atoms with E-state index in [1.165, 1.54) is 0 Å². The van der Waals surface area contributed by atoms with Gasteiger partial charge in [-0.2, -0.15) is 26.3 Å². The molecule has 0 N–H and O–H groups in total. The summed E-state index contributed by atoms with van der Waals surface area (Å²) in [4.78, 5) is 12.2. The van der Waals surface area contributed by atoms with Gasteiger partial charge < -0.3 is 0 Å². The molecule has 0 saturated heterocycles. The highest BCUT2D eigenvalue weighted by Crippen LogP contribution is 2.39. The highest BCUT2D eigenvalue weighted by molar-refractivity contribution is 7.99. The smallest absolute Gasteiger partial charge is 0.252 e. The summed E-state index contributed by atoms with van der Waals surface area (Å²) in [7, 11) is 0. The van der Waals surface area contributed by atoms with Crippen LogP contribution in [-0.4, -0.2) is 20.7 Å². The minimum absolute atomic E-state index is 0.0222. The predicted molar refractivity (Wildman–Crippen MR) is 87.0 cm³/mol. The fraction of sp³-hybridized carbons (Fsp3) is 0.267. The van der Waals surface area contributed by atoms with Gasteiger partial charge in [0.05, 0.1) is 11.1 Å². The van der Waals surface area contributed by atoms with Gasteiger partial charge in [-0.25, -0.2) is 9.97 Å². The molecule has 0 amide bonds. The van der Waals surface area contributed by atoms with E-state index in [0.717, 1.165) is 35.2 Å². The molecule has 0 saturated carbocycles. The lowest BCUT2D eigenvalue weighted by atomic mass is 10.2. The lowest BCUT2D eigenvalue weighted by Crippen LogP contribution is -2.06. The van der Waals surface area contributed by atoms with Crippen LogP contribution in [0.15, 0.2) is 29.4 Å². The molecular formula is C15H9F6N3S2. The SMILES string of the molecule is CCSc1cc(C(F)(F)F)cnc1-c1nc2cc(C(F)(F)F)cnc2s1. The average molecular weight is 409 g/mol. The van der Waals surface area contributed by atoms with E-state index in [-0.39, 0.29) is 25.9 Å². The molecule has 3 nitrogen and oxygen atoms in total. The fourth-order valence-corrected chi connectivity index (χ4v) is 3.88. The summed E-state index contributed by atoms with van der Waals surface area (Å²) < 4.78 is 77.0. The van der Waals surface area contributed by atoms with Crippen LogP contribution in [0.3, 0.4) is 0 Å². The van der Waals surface area contributed by atoms with Crippen molar-refractivity contribution >= 4 is 33.4 Å². The number of hydrogen-bond donors (Lipinski definition) is 0. The number of nitrogens with zero attached hydrogens (tertiary/aromatic N) is 3. The Morgan fingerprint density at radius 1 is 0.962 bits per heavy atom. The largest absolute Gasteiger partial charge is 0.417 e. The van der Waals surface area contributed by atoms with Crippen molar-refractivity contribution < 1.29 is 26.3 Å². The van der Waals surface area contributed by atoms with Crippen molar-refractivity contribution in [2.24, 2.45) is 0 Å². The first kappa shape index (κ1) is 18.9. The van der Waals surface area contributed by atoms with Crippen LogP contribution in [-0.2, 0) is 12.4 Å². The van der Waals surface area contributed by atoms with Gasteiger partial charge in [-0.05, 0) is 17.9 Å².